The van der Waals surface area contributed by atoms with Crippen molar-refractivity contribution in [2.24, 2.45) is 0 Å². The first-order valence-electron chi connectivity index (χ1n) is 25.7. The van der Waals surface area contributed by atoms with Crippen LogP contribution in [0.4, 0.5) is 0 Å². The first kappa shape index (κ1) is 55.8. The molecule has 0 saturated carbocycles. The van der Waals surface area contributed by atoms with E-state index in [1.807, 2.05) is 6.08 Å². The molecule has 57 heavy (non-hydrogen) atoms. The van der Waals surface area contributed by atoms with Gasteiger partial charge in [0.1, 0.15) is 6.10 Å². The Labute approximate surface area is 356 Å². The Balaban J connectivity index is 3.62. The summed E-state index contributed by atoms with van der Waals surface area (Å²) in [6.07, 6.45) is 59.5. The number of aliphatic hydroxyl groups is 3. The fourth-order valence-corrected chi connectivity index (χ4v) is 8.03. The Morgan fingerprint density at radius 1 is 0.421 bits per heavy atom. The third-order valence-corrected chi connectivity index (χ3v) is 12.0. The van der Waals surface area contributed by atoms with Crippen LogP contribution in [0.2, 0.25) is 0 Å². The van der Waals surface area contributed by atoms with Crippen molar-refractivity contribution in [3.8, 4) is 0 Å². The van der Waals surface area contributed by atoms with E-state index in [1.165, 1.54) is 218 Å². The van der Waals surface area contributed by atoms with Crippen molar-refractivity contribution >= 4 is 5.91 Å². The van der Waals surface area contributed by atoms with E-state index < -0.39 is 24.2 Å². The summed E-state index contributed by atoms with van der Waals surface area (Å²) in [6, 6.07) is -0.811. The molecule has 1 amide bonds. The van der Waals surface area contributed by atoms with Crippen molar-refractivity contribution < 1.29 is 20.1 Å². The molecular formula is C52H101NO4. The van der Waals surface area contributed by atoms with E-state index in [2.05, 4.69) is 31.3 Å². The number of carbonyl (C=O) groups is 1. The lowest BCUT2D eigenvalue weighted by Crippen LogP contribution is -2.48. The summed E-state index contributed by atoms with van der Waals surface area (Å²) in [5, 5.41) is 33.3. The van der Waals surface area contributed by atoms with Gasteiger partial charge in [0.2, 0.25) is 5.91 Å². The summed E-state index contributed by atoms with van der Waals surface area (Å²) in [5.74, 6) is -0.508. The molecule has 0 radical (unpaired) electrons. The minimum Gasteiger partial charge on any atom is -0.394 e. The maximum atomic E-state index is 12.5. The molecule has 0 heterocycles. The number of aliphatic hydroxyl groups excluding tert-OH is 3. The van der Waals surface area contributed by atoms with Crippen LogP contribution in [-0.2, 0) is 4.79 Å². The van der Waals surface area contributed by atoms with Gasteiger partial charge in [-0.15, -0.1) is 0 Å². The second kappa shape index (κ2) is 47.5. The molecule has 5 nitrogen and oxygen atoms in total. The number of amides is 1. The van der Waals surface area contributed by atoms with Gasteiger partial charge in [0.15, 0.2) is 0 Å². The molecule has 0 aromatic carbocycles. The lowest BCUT2D eigenvalue weighted by Gasteiger charge is -2.21. The normalized spacial score (nSPS) is 13.6. The van der Waals surface area contributed by atoms with Crippen molar-refractivity contribution in [3.63, 3.8) is 0 Å². The van der Waals surface area contributed by atoms with E-state index in [0.29, 0.717) is 6.42 Å². The molecule has 0 aliphatic carbocycles. The van der Waals surface area contributed by atoms with E-state index >= 15 is 0 Å². The second-order valence-electron chi connectivity index (χ2n) is 17.7. The van der Waals surface area contributed by atoms with Crippen LogP contribution in [0.1, 0.15) is 277 Å². The number of allylic oxidation sites excluding steroid dienone is 3. The van der Waals surface area contributed by atoms with E-state index in [4.69, 9.17) is 0 Å². The maximum absolute atomic E-state index is 12.5. The molecule has 0 aromatic heterocycles. The highest BCUT2D eigenvalue weighted by molar-refractivity contribution is 5.80. The van der Waals surface area contributed by atoms with Gasteiger partial charge in [-0.05, 0) is 32.1 Å². The minimum atomic E-state index is -1.10. The van der Waals surface area contributed by atoms with Crippen LogP contribution in [0.25, 0.3) is 0 Å². The quantitative estimate of drug-likeness (QED) is 0.0364. The van der Waals surface area contributed by atoms with E-state index in [-0.39, 0.29) is 6.61 Å². The lowest BCUT2D eigenvalue weighted by atomic mass is 10.0. The molecule has 5 heteroatoms. The van der Waals surface area contributed by atoms with Crippen molar-refractivity contribution in [2.75, 3.05) is 6.61 Å². The lowest BCUT2D eigenvalue weighted by molar-refractivity contribution is -0.131. The summed E-state index contributed by atoms with van der Waals surface area (Å²) < 4.78 is 0. The third-order valence-electron chi connectivity index (χ3n) is 12.0. The zero-order valence-electron chi connectivity index (χ0n) is 38.5. The molecule has 3 atom stereocenters. The summed E-state index contributed by atoms with van der Waals surface area (Å²) in [4.78, 5) is 12.5. The molecule has 0 aliphatic rings. The number of hydrogen-bond donors (Lipinski definition) is 4. The van der Waals surface area contributed by atoms with Gasteiger partial charge >= 0.3 is 0 Å². The number of hydrogen-bond acceptors (Lipinski definition) is 4. The van der Waals surface area contributed by atoms with Crippen molar-refractivity contribution in [3.05, 3.63) is 24.3 Å². The molecular weight excluding hydrogens is 703 g/mol. The Morgan fingerprint density at radius 3 is 1.07 bits per heavy atom. The molecule has 0 fully saturated rings. The Bertz CT molecular complexity index is 844. The van der Waals surface area contributed by atoms with Gasteiger partial charge < -0.3 is 20.6 Å². The average Bonchev–Trinajstić information content (AvgIpc) is 3.22. The summed E-state index contributed by atoms with van der Waals surface area (Å²) >= 11 is 0. The molecule has 0 bridgehead atoms. The Hall–Kier alpha value is -1.17. The van der Waals surface area contributed by atoms with Gasteiger partial charge in [-0.25, -0.2) is 0 Å². The Kier molecular flexibility index (Phi) is 46.5. The number of unbranched alkanes of at least 4 members (excludes halogenated alkanes) is 37. The van der Waals surface area contributed by atoms with E-state index in [9.17, 15) is 20.1 Å². The van der Waals surface area contributed by atoms with Crippen LogP contribution in [0.5, 0.6) is 0 Å². The van der Waals surface area contributed by atoms with Crippen molar-refractivity contribution in [1.82, 2.24) is 5.32 Å². The molecule has 3 unspecified atom stereocenters. The first-order valence-corrected chi connectivity index (χ1v) is 25.7. The molecule has 0 spiro atoms. The maximum Gasteiger partial charge on any atom is 0.249 e. The second-order valence-corrected chi connectivity index (χ2v) is 17.7. The van der Waals surface area contributed by atoms with Crippen LogP contribution >= 0.6 is 0 Å². The van der Waals surface area contributed by atoms with Gasteiger partial charge in [0, 0.05) is 0 Å². The first-order chi connectivity index (χ1) is 28.1. The minimum absolute atomic E-state index is 0.372. The van der Waals surface area contributed by atoms with Crippen LogP contribution < -0.4 is 5.32 Å². The van der Waals surface area contributed by atoms with Crippen molar-refractivity contribution in [2.45, 2.75) is 295 Å². The monoisotopic (exact) mass is 804 g/mol. The van der Waals surface area contributed by atoms with Crippen molar-refractivity contribution in [1.29, 1.82) is 0 Å². The van der Waals surface area contributed by atoms with Crippen LogP contribution in [0.3, 0.4) is 0 Å². The molecule has 0 saturated heterocycles. The molecule has 4 N–H and O–H groups in total. The predicted octanol–water partition coefficient (Wildman–Crippen LogP) is 15.3. The highest BCUT2D eigenvalue weighted by atomic mass is 16.3. The summed E-state index contributed by atoms with van der Waals surface area (Å²) in [5.41, 5.74) is 0. The molecule has 0 aliphatic heterocycles. The fourth-order valence-electron chi connectivity index (χ4n) is 8.03. The van der Waals surface area contributed by atoms with Gasteiger partial charge in [-0.1, -0.05) is 269 Å². The van der Waals surface area contributed by atoms with Crippen LogP contribution in [-0.4, -0.2) is 46.1 Å². The van der Waals surface area contributed by atoms with Gasteiger partial charge in [0.05, 0.1) is 18.8 Å². The number of rotatable bonds is 47. The number of carbonyl (C=O) groups excluding carboxylic acids is 1. The Morgan fingerprint density at radius 2 is 0.719 bits per heavy atom. The topological polar surface area (TPSA) is 89.8 Å². The zero-order valence-corrected chi connectivity index (χ0v) is 38.5. The van der Waals surface area contributed by atoms with Gasteiger partial charge in [-0.3, -0.25) is 4.79 Å². The smallest absolute Gasteiger partial charge is 0.249 e. The SMILES string of the molecule is CCCCCCCCCCCCCCCCC/C=C/CC/C=C/C(O)C(CO)NC(=O)C(O)CCCCCCCCCCCCCCCCCCCCCCCC. The van der Waals surface area contributed by atoms with Gasteiger partial charge in [-0.2, -0.15) is 0 Å². The van der Waals surface area contributed by atoms with Crippen LogP contribution in [0.15, 0.2) is 24.3 Å². The standard InChI is InChI=1S/C52H101NO4/c1-3-5-7-9-11-13-15-17-19-21-23-25-27-29-31-33-35-37-39-41-43-45-47-51(56)52(57)53-49(48-54)50(55)46-44-42-40-38-36-34-32-30-28-26-24-22-20-18-16-14-12-10-8-6-4-2/h36,38,44,46,49-51,54-56H,3-35,37,39-43,45,47-48H2,1-2H3,(H,53,57)/b38-36+,46-44+. The highest BCUT2D eigenvalue weighted by Gasteiger charge is 2.22. The predicted molar refractivity (Wildman–Crippen MR) is 250 cm³/mol. The van der Waals surface area contributed by atoms with E-state index in [0.717, 1.165) is 38.5 Å². The molecule has 338 valence electrons. The number of nitrogens with one attached hydrogen (secondary N) is 1. The third kappa shape index (κ3) is 42.8. The zero-order chi connectivity index (χ0) is 41.5. The summed E-state index contributed by atoms with van der Waals surface area (Å²) in [7, 11) is 0. The highest BCUT2D eigenvalue weighted by Crippen LogP contribution is 2.17. The average molecular weight is 804 g/mol. The largest absolute Gasteiger partial charge is 0.394 e. The fraction of sp³-hybridized carbons (Fsp3) is 0.904. The molecule has 0 rings (SSSR count). The van der Waals surface area contributed by atoms with Gasteiger partial charge in [0.25, 0.3) is 0 Å². The molecule has 0 aromatic rings. The summed E-state index contributed by atoms with van der Waals surface area (Å²) in [6.45, 7) is 4.20. The van der Waals surface area contributed by atoms with E-state index in [1.54, 1.807) is 6.08 Å². The van der Waals surface area contributed by atoms with Crippen LogP contribution in [0, 0.1) is 0 Å².